The molecule has 0 fully saturated rings. The van der Waals surface area contributed by atoms with Gasteiger partial charge in [-0.1, -0.05) is 12.1 Å². The molecule has 21 heavy (non-hydrogen) atoms. The molecule has 1 aliphatic heterocycles. The first-order valence-electron chi connectivity index (χ1n) is 6.88. The molecule has 0 saturated carbocycles. The Hall–Kier alpha value is -2.36. The van der Waals surface area contributed by atoms with E-state index in [0.717, 1.165) is 29.0 Å². The summed E-state index contributed by atoms with van der Waals surface area (Å²) in [4.78, 5) is 0. The lowest BCUT2D eigenvalue weighted by atomic mass is 9.89. The van der Waals surface area contributed by atoms with Crippen molar-refractivity contribution in [2.75, 3.05) is 20.8 Å². The van der Waals surface area contributed by atoms with Gasteiger partial charge in [-0.15, -0.1) is 0 Å². The fourth-order valence-corrected chi connectivity index (χ4v) is 2.72. The molecule has 110 valence electrons. The Labute approximate surface area is 123 Å². The number of ether oxygens (including phenoxy) is 3. The minimum absolute atomic E-state index is 0.206. The maximum absolute atomic E-state index is 9.56. The molecule has 1 heterocycles. The number of benzene rings is 2. The van der Waals surface area contributed by atoms with E-state index in [1.807, 2.05) is 24.3 Å². The van der Waals surface area contributed by atoms with Gasteiger partial charge in [-0.3, -0.25) is 0 Å². The van der Waals surface area contributed by atoms with Crippen molar-refractivity contribution in [3.63, 3.8) is 0 Å². The molecule has 0 bridgehead atoms. The molecule has 4 nitrogen and oxygen atoms in total. The highest BCUT2D eigenvalue weighted by atomic mass is 16.5. The maximum atomic E-state index is 9.56. The first kappa shape index (κ1) is 13.6. The molecule has 1 N–H and O–H groups in total. The van der Waals surface area contributed by atoms with E-state index in [1.54, 1.807) is 26.4 Å². The van der Waals surface area contributed by atoms with Gasteiger partial charge in [0.2, 0.25) is 0 Å². The molecule has 3 rings (SSSR count). The van der Waals surface area contributed by atoms with E-state index in [9.17, 15) is 5.11 Å². The average Bonchev–Trinajstić information content (AvgIpc) is 2.53. The van der Waals surface area contributed by atoms with Crippen LogP contribution in [0.5, 0.6) is 23.0 Å². The lowest BCUT2D eigenvalue weighted by molar-refractivity contribution is 0.257. The second-order valence-electron chi connectivity index (χ2n) is 5.11. The second-order valence-corrected chi connectivity index (χ2v) is 5.11. The molecule has 0 saturated heterocycles. The van der Waals surface area contributed by atoms with Gasteiger partial charge >= 0.3 is 0 Å². The smallest absolute Gasteiger partial charge is 0.126 e. The van der Waals surface area contributed by atoms with Crippen LogP contribution in [-0.4, -0.2) is 25.9 Å². The van der Waals surface area contributed by atoms with Gasteiger partial charge in [0.25, 0.3) is 0 Å². The SMILES string of the molecule is COc1ccc2c(c1)OC[C@@H](c1ccc(O)cc1OC)C2. The Balaban J connectivity index is 1.89. The van der Waals surface area contributed by atoms with Gasteiger partial charge in [0.05, 0.1) is 20.8 Å². The largest absolute Gasteiger partial charge is 0.508 e. The van der Waals surface area contributed by atoms with Gasteiger partial charge in [0, 0.05) is 23.6 Å². The molecule has 1 aliphatic rings. The summed E-state index contributed by atoms with van der Waals surface area (Å²) in [5.41, 5.74) is 2.21. The van der Waals surface area contributed by atoms with Crippen LogP contribution in [0.25, 0.3) is 0 Å². The highest BCUT2D eigenvalue weighted by Gasteiger charge is 2.24. The predicted octanol–water partition coefficient (Wildman–Crippen LogP) is 3.13. The Morgan fingerprint density at radius 3 is 2.71 bits per heavy atom. The number of phenolic OH excluding ortho intramolecular Hbond substituents is 1. The van der Waals surface area contributed by atoms with Crippen LogP contribution in [0.4, 0.5) is 0 Å². The summed E-state index contributed by atoms with van der Waals surface area (Å²) in [5.74, 6) is 2.79. The number of aromatic hydroxyl groups is 1. The average molecular weight is 286 g/mol. The van der Waals surface area contributed by atoms with Crippen LogP contribution < -0.4 is 14.2 Å². The number of rotatable bonds is 3. The normalized spacial score (nSPS) is 16.8. The lowest BCUT2D eigenvalue weighted by Crippen LogP contribution is -2.19. The third-order valence-corrected chi connectivity index (χ3v) is 3.84. The van der Waals surface area contributed by atoms with Crippen molar-refractivity contribution in [3.05, 3.63) is 47.5 Å². The van der Waals surface area contributed by atoms with E-state index < -0.39 is 0 Å². The van der Waals surface area contributed by atoms with Gasteiger partial charge in [0.15, 0.2) is 0 Å². The quantitative estimate of drug-likeness (QED) is 0.941. The van der Waals surface area contributed by atoms with Crippen LogP contribution in [0, 0.1) is 0 Å². The summed E-state index contributed by atoms with van der Waals surface area (Å²) in [5, 5.41) is 9.56. The fourth-order valence-electron chi connectivity index (χ4n) is 2.72. The van der Waals surface area contributed by atoms with Crippen molar-refractivity contribution in [2.24, 2.45) is 0 Å². The zero-order valence-electron chi connectivity index (χ0n) is 12.1. The van der Waals surface area contributed by atoms with Crippen molar-refractivity contribution in [3.8, 4) is 23.0 Å². The van der Waals surface area contributed by atoms with Gasteiger partial charge in [0.1, 0.15) is 23.0 Å². The summed E-state index contributed by atoms with van der Waals surface area (Å²) in [6.45, 7) is 0.585. The molecule has 4 heteroatoms. The Morgan fingerprint density at radius 1 is 1.10 bits per heavy atom. The zero-order valence-corrected chi connectivity index (χ0v) is 12.1. The maximum Gasteiger partial charge on any atom is 0.126 e. The van der Waals surface area contributed by atoms with Gasteiger partial charge in [-0.05, 0) is 24.1 Å². The molecule has 0 amide bonds. The van der Waals surface area contributed by atoms with Crippen LogP contribution in [0.2, 0.25) is 0 Å². The van der Waals surface area contributed by atoms with Crippen LogP contribution in [0.15, 0.2) is 36.4 Å². The monoisotopic (exact) mass is 286 g/mol. The van der Waals surface area contributed by atoms with Crippen molar-refractivity contribution in [1.29, 1.82) is 0 Å². The van der Waals surface area contributed by atoms with E-state index in [4.69, 9.17) is 14.2 Å². The third-order valence-electron chi connectivity index (χ3n) is 3.84. The second kappa shape index (κ2) is 5.56. The minimum Gasteiger partial charge on any atom is -0.508 e. The summed E-state index contributed by atoms with van der Waals surface area (Å²) in [6, 6.07) is 11.1. The van der Waals surface area contributed by atoms with Crippen LogP contribution in [0.3, 0.4) is 0 Å². The predicted molar refractivity (Wildman–Crippen MR) is 79.6 cm³/mol. The van der Waals surface area contributed by atoms with Crippen molar-refractivity contribution in [1.82, 2.24) is 0 Å². The first-order valence-corrected chi connectivity index (χ1v) is 6.88. The molecule has 0 unspecified atom stereocenters. The number of phenols is 1. The Morgan fingerprint density at radius 2 is 1.95 bits per heavy atom. The lowest BCUT2D eigenvalue weighted by Gasteiger charge is -2.27. The van der Waals surface area contributed by atoms with Crippen molar-refractivity contribution >= 4 is 0 Å². The summed E-state index contributed by atoms with van der Waals surface area (Å²) < 4.78 is 16.4. The zero-order chi connectivity index (χ0) is 14.8. The van der Waals surface area contributed by atoms with E-state index in [-0.39, 0.29) is 11.7 Å². The van der Waals surface area contributed by atoms with Gasteiger partial charge in [-0.2, -0.15) is 0 Å². The Kier molecular flexibility index (Phi) is 3.60. The summed E-state index contributed by atoms with van der Waals surface area (Å²) >= 11 is 0. The molecular formula is C17H18O4. The van der Waals surface area contributed by atoms with E-state index in [2.05, 4.69) is 0 Å². The number of hydrogen-bond donors (Lipinski definition) is 1. The highest BCUT2D eigenvalue weighted by Crippen LogP contribution is 2.38. The van der Waals surface area contributed by atoms with Crippen LogP contribution >= 0.6 is 0 Å². The van der Waals surface area contributed by atoms with Gasteiger partial charge in [-0.25, -0.2) is 0 Å². The van der Waals surface area contributed by atoms with E-state index in [1.165, 1.54) is 0 Å². The standard InChI is InChI=1S/C17H18O4/c1-19-14-5-3-11-7-12(10-21-16(11)9-14)15-6-4-13(18)8-17(15)20-2/h3-6,8-9,12,18H,7,10H2,1-2H3/t12-/m0/s1. The molecule has 0 spiro atoms. The molecule has 2 aromatic carbocycles. The molecular weight excluding hydrogens is 268 g/mol. The molecule has 0 radical (unpaired) electrons. The van der Waals surface area contributed by atoms with Gasteiger partial charge < -0.3 is 19.3 Å². The molecule has 0 aliphatic carbocycles. The third kappa shape index (κ3) is 2.61. The fraction of sp³-hybridized carbons (Fsp3) is 0.294. The molecule has 1 atom stereocenters. The van der Waals surface area contributed by atoms with E-state index in [0.29, 0.717) is 12.4 Å². The first-order chi connectivity index (χ1) is 10.2. The van der Waals surface area contributed by atoms with Crippen LogP contribution in [-0.2, 0) is 6.42 Å². The van der Waals surface area contributed by atoms with Crippen molar-refractivity contribution in [2.45, 2.75) is 12.3 Å². The molecule has 2 aromatic rings. The van der Waals surface area contributed by atoms with Crippen LogP contribution in [0.1, 0.15) is 17.0 Å². The highest BCUT2D eigenvalue weighted by molar-refractivity contribution is 5.47. The summed E-state index contributed by atoms with van der Waals surface area (Å²) in [6.07, 6.45) is 0.875. The number of methoxy groups -OCH3 is 2. The van der Waals surface area contributed by atoms with Crippen molar-refractivity contribution < 1.29 is 19.3 Å². The number of hydrogen-bond acceptors (Lipinski definition) is 4. The molecule has 0 aromatic heterocycles. The topological polar surface area (TPSA) is 47.9 Å². The minimum atomic E-state index is 0.206. The Bertz CT molecular complexity index is 651. The van der Waals surface area contributed by atoms with E-state index >= 15 is 0 Å². The number of fused-ring (bicyclic) bond motifs is 1. The summed E-state index contributed by atoms with van der Waals surface area (Å²) in [7, 11) is 3.26.